The van der Waals surface area contributed by atoms with Gasteiger partial charge in [-0.1, -0.05) is 12.1 Å². The first-order valence-electron chi connectivity index (χ1n) is 7.62. The molecule has 2 amide bonds. The van der Waals surface area contributed by atoms with E-state index in [0.717, 1.165) is 5.56 Å². The summed E-state index contributed by atoms with van der Waals surface area (Å²) in [5.74, 6) is -0.801. The van der Waals surface area contributed by atoms with Crippen molar-refractivity contribution >= 4 is 17.5 Å². The maximum atomic E-state index is 13.1. The number of aliphatic hydroxyl groups excluding tert-OH is 1. The van der Waals surface area contributed by atoms with E-state index in [9.17, 15) is 19.1 Å². The van der Waals surface area contributed by atoms with Gasteiger partial charge in [-0.05, 0) is 36.5 Å². The molecule has 0 saturated heterocycles. The highest BCUT2D eigenvalue weighted by Crippen LogP contribution is 2.38. The van der Waals surface area contributed by atoms with Gasteiger partial charge in [0.25, 0.3) is 5.91 Å². The van der Waals surface area contributed by atoms with E-state index in [-0.39, 0.29) is 47.8 Å². The van der Waals surface area contributed by atoms with Crippen molar-refractivity contribution in [1.29, 1.82) is 0 Å². The van der Waals surface area contributed by atoms with Crippen molar-refractivity contribution in [2.45, 2.75) is 37.8 Å². The maximum Gasteiger partial charge on any atom is 0.267 e. The zero-order valence-corrected chi connectivity index (χ0v) is 12.5. The fourth-order valence-electron chi connectivity index (χ4n) is 2.91. The molecular formula is C16H18FN3O3. The molecule has 1 atom stereocenters. The number of halogens is 1. The highest BCUT2D eigenvalue weighted by Gasteiger charge is 2.36. The predicted octanol–water partition coefficient (Wildman–Crippen LogP) is 1.02. The monoisotopic (exact) mass is 319 g/mol. The summed E-state index contributed by atoms with van der Waals surface area (Å²) in [5.41, 5.74) is 3.36. The minimum absolute atomic E-state index is 0.0955. The minimum atomic E-state index is -0.355. The van der Waals surface area contributed by atoms with Crippen LogP contribution in [0.4, 0.5) is 4.39 Å². The van der Waals surface area contributed by atoms with Crippen LogP contribution in [-0.2, 0) is 9.59 Å². The second-order valence-electron chi connectivity index (χ2n) is 5.98. The van der Waals surface area contributed by atoms with Gasteiger partial charge in [-0.25, -0.2) is 9.82 Å². The van der Waals surface area contributed by atoms with Crippen LogP contribution in [0, 0.1) is 11.7 Å². The summed E-state index contributed by atoms with van der Waals surface area (Å²) >= 11 is 0. The molecule has 0 unspecified atom stereocenters. The van der Waals surface area contributed by atoms with Gasteiger partial charge in [0, 0.05) is 12.8 Å². The van der Waals surface area contributed by atoms with Gasteiger partial charge in [0.1, 0.15) is 11.5 Å². The van der Waals surface area contributed by atoms with Gasteiger partial charge in [0.2, 0.25) is 5.91 Å². The van der Waals surface area contributed by atoms with Crippen LogP contribution in [0.5, 0.6) is 0 Å². The number of nitrogens with zero attached hydrogens (tertiary/aromatic N) is 1. The molecular weight excluding hydrogens is 301 g/mol. The van der Waals surface area contributed by atoms with E-state index in [1.54, 1.807) is 12.1 Å². The SMILES string of the molecule is O=C1CCC(C(=O)N[C@@H](c2ccc(F)cc2)C2CC(O)C2)=NN1. The fraction of sp³-hybridized carbons (Fsp3) is 0.438. The predicted molar refractivity (Wildman–Crippen MR) is 80.8 cm³/mol. The Morgan fingerprint density at radius 2 is 2.00 bits per heavy atom. The van der Waals surface area contributed by atoms with Crippen LogP contribution in [0.3, 0.4) is 0 Å². The van der Waals surface area contributed by atoms with E-state index >= 15 is 0 Å². The average molecular weight is 319 g/mol. The van der Waals surface area contributed by atoms with E-state index in [1.807, 2.05) is 0 Å². The number of nitrogens with one attached hydrogen (secondary N) is 2. The molecule has 3 N–H and O–H groups in total. The highest BCUT2D eigenvalue weighted by atomic mass is 19.1. The second kappa shape index (κ2) is 6.45. The maximum absolute atomic E-state index is 13.1. The lowest BCUT2D eigenvalue weighted by atomic mass is 9.75. The van der Waals surface area contributed by atoms with Crippen LogP contribution in [0.25, 0.3) is 0 Å². The molecule has 3 rings (SSSR count). The molecule has 0 radical (unpaired) electrons. The van der Waals surface area contributed by atoms with Crippen LogP contribution in [-0.4, -0.2) is 28.7 Å². The molecule has 1 aliphatic carbocycles. The Balaban J connectivity index is 1.74. The van der Waals surface area contributed by atoms with Gasteiger partial charge in [-0.3, -0.25) is 9.59 Å². The molecule has 0 bridgehead atoms. The van der Waals surface area contributed by atoms with Gasteiger partial charge in [-0.15, -0.1) is 0 Å². The van der Waals surface area contributed by atoms with Gasteiger partial charge in [-0.2, -0.15) is 5.10 Å². The molecule has 7 heteroatoms. The Kier molecular flexibility index (Phi) is 4.38. The highest BCUT2D eigenvalue weighted by molar-refractivity contribution is 6.39. The molecule has 1 heterocycles. The smallest absolute Gasteiger partial charge is 0.267 e. The van der Waals surface area contributed by atoms with E-state index in [1.165, 1.54) is 12.1 Å². The lowest BCUT2D eigenvalue weighted by molar-refractivity contribution is -0.121. The first kappa shape index (κ1) is 15.6. The summed E-state index contributed by atoms with van der Waals surface area (Å²) < 4.78 is 13.1. The van der Waals surface area contributed by atoms with Crippen molar-refractivity contribution in [2.24, 2.45) is 11.0 Å². The molecule has 1 aliphatic heterocycles. The van der Waals surface area contributed by atoms with Crippen LogP contribution in [0.2, 0.25) is 0 Å². The quantitative estimate of drug-likeness (QED) is 0.774. The molecule has 0 aromatic heterocycles. The van der Waals surface area contributed by atoms with E-state index in [0.29, 0.717) is 19.3 Å². The van der Waals surface area contributed by atoms with E-state index < -0.39 is 0 Å². The molecule has 122 valence electrons. The summed E-state index contributed by atoms with van der Waals surface area (Å²) in [6.45, 7) is 0. The topological polar surface area (TPSA) is 90.8 Å². The van der Waals surface area contributed by atoms with Gasteiger partial charge >= 0.3 is 0 Å². The summed E-state index contributed by atoms with van der Waals surface area (Å²) in [7, 11) is 0. The molecule has 2 aliphatic rings. The third-order valence-corrected chi connectivity index (χ3v) is 4.30. The van der Waals surface area contributed by atoms with Crippen LogP contribution >= 0.6 is 0 Å². The molecule has 0 spiro atoms. The number of benzene rings is 1. The number of hydrogen-bond acceptors (Lipinski definition) is 4. The normalized spacial score (nSPS) is 25.0. The molecule has 1 fully saturated rings. The number of carbonyl (C=O) groups excluding carboxylic acids is 2. The Labute approximate surface area is 132 Å². The first-order valence-corrected chi connectivity index (χ1v) is 7.62. The fourth-order valence-corrected chi connectivity index (χ4v) is 2.91. The average Bonchev–Trinajstić information content (AvgIpc) is 2.51. The third kappa shape index (κ3) is 3.56. The van der Waals surface area contributed by atoms with Crippen LogP contribution in [0.1, 0.15) is 37.3 Å². The Bertz CT molecular complexity index is 638. The third-order valence-electron chi connectivity index (χ3n) is 4.30. The van der Waals surface area contributed by atoms with Crippen molar-refractivity contribution in [1.82, 2.24) is 10.7 Å². The summed E-state index contributed by atoms with van der Waals surface area (Å²) in [4.78, 5) is 23.4. The number of hydrazone groups is 1. The summed E-state index contributed by atoms with van der Waals surface area (Å²) in [5, 5.41) is 16.2. The van der Waals surface area contributed by atoms with Crippen molar-refractivity contribution in [3.8, 4) is 0 Å². The van der Waals surface area contributed by atoms with Crippen molar-refractivity contribution in [2.75, 3.05) is 0 Å². The molecule has 23 heavy (non-hydrogen) atoms. The van der Waals surface area contributed by atoms with Crippen LogP contribution in [0.15, 0.2) is 29.4 Å². The Morgan fingerprint density at radius 1 is 1.30 bits per heavy atom. The van der Waals surface area contributed by atoms with Crippen LogP contribution < -0.4 is 10.7 Å². The first-order chi connectivity index (χ1) is 11.0. The van der Waals surface area contributed by atoms with Gasteiger partial charge in [0.05, 0.1) is 12.1 Å². The molecule has 1 aromatic rings. The lowest BCUT2D eigenvalue weighted by Crippen LogP contribution is -2.44. The second-order valence-corrected chi connectivity index (χ2v) is 5.98. The Hall–Kier alpha value is -2.28. The number of carbonyl (C=O) groups is 2. The van der Waals surface area contributed by atoms with E-state index in [2.05, 4.69) is 15.8 Å². The molecule has 1 saturated carbocycles. The Morgan fingerprint density at radius 3 is 2.57 bits per heavy atom. The van der Waals surface area contributed by atoms with E-state index in [4.69, 9.17) is 0 Å². The zero-order chi connectivity index (χ0) is 16.4. The van der Waals surface area contributed by atoms with Crippen molar-refractivity contribution in [3.05, 3.63) is 35.6 Å². The number of hydrogen-bond donors (Lipinski definition) is 3. The van der Waals surface area contributed by atoms with Gasteiger partial charge in [0.15, 0.2) is 0 Å². The standard InChI is InChI=1S/C16H18FN3O3/c17-11-3-1-9(2-4-11)15(10-7-12(21)8-10)18-16(23)13-5-6-14(22)20-19-13/h1-4,10,12,15,21H,5-8H2,(H,18,23)(H,20,22)/t10?,12?,15-/m0/s1. The summed E-state index contributed by atoms with van der Waals surface area (Å²) in [6, 6.07) is 5.65. The largest absolute Gasteiger partial charge is 0.393 e. The zero-order valence-electron chi connectivity index (χ0n) is 12.5. The van der Waals surface area contributed by atoms with Gasteiger partial charge < -0.3 is 10.4 Å². The minimum Gasteiger partial charge on any atom is -0.393 e. The molecule has 1 aromatic carbocycles. The lowest BCUT2D eigenvalue weighted by Gasteiger charge is -2.38. The number of aliphatic hydroxyl groups is 1. The molecule has 6 nitrogen and oxygen atoms in total. The van der Waals surface area contributed by atoms with Crippen molar-refractivity contribution in [3.63, 3.8) is 0 Å². The number of rotatable bonds is 4. The number of amides is 2. The summed E-state index contributed by atoms with van der Waals surface area (Å²) in [6.07, 6.45) is 1.35. The van der Waals surface area contributed by atoms with Crippen molar-refractivity contribution < 1.29 is 19.1 Å².